The average Bonchev–Trinajstić information content (AvgIpc) is 3.06. The van der Waals surface area contributed by atoms with Crippen molar-refractivity contribution >= 4 is 28.5 Å². The molecular formula is C24H28F2N4O. The van der Waals surface area contributed by atoms with Gasteiger partial charge in [0.15, 0.2) is 5.88 Å². The number of nitrogens with one attached hydrogen (secondary N) is 2. The predicted octanol–water partition coefficient (Wildman–Crippen LogP) is 5.58. The van der Waals surface area contributed by atoms with Crippen molar-refractivity contribution in [2.75, 3.05) is 25.0 Å². The first kappa shape index (κ1) is 21.3. The Bertz CT molecular complexity index is 1080. The molecule has 164 valence electrons. The van der Waals surface area contributed by atoms with Gasteiger partial charge in [-0.3, -0.25) is 4.99 Å². The second kappa shape index (κ2) is 9.47. The summed E-state index contributed by atoms with van der Waals surface area (Å²) in [5, 5.41) is 13.8. The lowest BCUT2D eigenvalue weighted by molar-refractivity contribution is 0.160. The maximum Gasteiger partial charge on any atom is 0.198 e. The third-order valence-electron chi connectivity index (χ3n) is 5.95. The van der Waals surface area contributed by atoms with Gasteiger partial charge in [0.05, 0.1) is 16.9 Å². The number of aliphatic imine (C=N–C) groups is 1. The van der Waals surface area contributed by atoms with Gasteiger partial charge in [0.25, 0.3) is 0 Å². The molecule has 0 bridgehead atoms. The number of hydrogen-bond donors (Lipinski definition) is 3. The molecule has 1 aromatic heterocycles. The van der Waals surface area contributed by atoms with E-state index in [-0.39, 0.29) is 11.7 Å². The summed E-state index contributed by atoms with van der Waals surface area (Å²) < 4.78 is 28.0. The molecule has 7 heteroatoms. The molecule has 1 aliphatic rings. The Morgan fingerprint density at radius 1 is 1.23 bits per heavy atom. The van der Waals surface area contributed by atoms with Gasteiger partial charge in [-0.15, -0.1) is 0 Å². The van der Waals surface area contributed by atoms with E-state index in [2.05, 4.69) is 27.1 Å². The highest BCUT2D eigenvalue weighted by molar-refractivity contribution is 6.02. The van der Waals surface area contributed by atoms with Crippen molar-refractivity contribution in [2.24, 2.45) is 4.99 Å². The van der Waals surface area contributed by atoms with Crippen LogP contribution >= 0.6 is 0 Å². The van der Waals surface area contributed by atoms with E-state index in [0.717, 1.165) is 19.5 Å². The molecule has 3 aromatic rings. The Morgan fingerprint density at radius 2 is 2.10 bits per heavy atom. The highest BCUT2D eigenvalue weighted by atomic mass is 19.1. The fourth-order valence-corrected chi connectivity index (χ4v) is 4.16. The van der Waals surface area contributed by atoms with Crippen molar-refractivity contribution < 1.29 is 13.9 Å². The zero-order valence-corrected chi connectivity index (χ0v) is 17.7. The molecule has 2 aromatic carbocycles. The fourth-order valence-electron chi connectivity index (χ4n) is 4.16. The molecule has 0 amide bonds. The number of fused-ring (bicyclic) bond motifs is 1. The van der Waals surface area contributed by atoms with Crippen molar-refractivity contribution in [2.45, 2.75) is 38.6 Å². The molecule has 0 aliphatic carbocycles. The van der Waals surface area contributed by atoms with E-state index in [4.69, 9.17) is 0 Å². The molecule has 1 saturated heterocycles. The van der Waals surface area contributed by atoms with E-state index in [1.807, 2.05) is 0 Å². The molecule has 1 fully saturated rings. The Morgan fingerprint density at radius 3 is 2.90 bits per heavy atom. The molecule has 2 heterocycles. The Kier molecular flexibility index (Phi) is 6.51. The second-order valence-corrected chi connectivity index (χ2v) is 8.16. The molecule has 3 N–H and O–H groups in total. The van der Waals surface area contributed by atoms with Crippen LogP contribution in [-0.4, -0.2) is 46.9 Å². The van der Waals surface area contributed by atoms with Gasteiger partial charge in [0.1, 0.15) is 11.6 Å². The SMILES string of the molecule is CC1CCCCN1CCCNc1ccc(N=Cc2c(O)[nH]c3ccc(F)cc23)cc1F. The minimum absolute atomic E-state index is 0.105. The lowest BCUT2D eigenvalue weighted by Gasteiger charge is -2.33. The predicted molar refractivity (Wildman–Crippen MR) is 122 cm³/mol. The van der Waals surface area contributed by atoms with Gasteiger partial charge in [0, 0.05) is 42.3 Å². The number of aromatic amines is 1. The molecular weight excluding hydrogens is 398 g/mol. The van der Waals surface area contributed by atoms with Gasteiger partial charge >= 0.3 is 0 Å². The van der Waals surface area contributed by atoms with Gasteiger partial charge in [0.2, 0.25) is 0 Å². The van der Waals surface area contributed by atoms with Crippen LogP contribution in [0.25, 0.3) is 10.9 Å². The number of H-pyrrole nitrogens is 1. The van der Waals surface area contributed by atoms with E-state index >= 15 is 0 Å². The number of aromatic hydroxyl groups is 1. The molecule has 5 nitrogen and oxygen atoms in total. The first-order valence-electron chi connectivity index (χ1n) is 10.8. The van der Waals surface area contributed by atoms with Crippen LogP contribution in [0.4, 0.5) is 20.2 Å². The number of piperidine rings is 1. The summed E-state index contributed by atoms with van der Waals surface area (Å²) in [5.74, 6) is -0.890. The zero-order valence-electron chi connectivity index (χ0n) is 17.7. The van der Waals surface area contributed by atoms with Crippen LogP contribution in [0.15, 0.2) is 41.4 Å². The first-order chi connectivity index (χ1) is 15.0. The van der Waals surface area contributed by atoms with Crippen molar-refractivity contribution in [3.05, 3.63) is 53.6 Å². The van der Waals surface area contributed by atoms with E-state index < -0.39 is 5.82 Å². The monoisotopic (exact) mass is 426 g/mol. The number of aromatic nitrogens is 1. The van der Waals surface area contributed by atoms with Gasteiger partial charge in [-0.2, -0.15) is 0 Å². The lowest BCUT2D eigenvalue weighted by Crippen LogP contribution is -2.38. The number of rotatable bonds is 7. The Balaban J connectivity index is 1.36. The van der Waals surface area contributed by atoms with E-state index in [0.29, 0.717) is 40.4 Å². The van der Waals surface area contributed by atoms with Crippen LogP contribution in [-0.2, 0) is 0 Å². The van der Waals surface area contributed by atoms with Gasteiger partial charge in [-0.05, 0) is 63.1 Å². The van der Waals surface area contributed by atoms with Crippen molar-refractivity contribution in [3.8, 4) is 5.88 Å². The van der Waals surface area contributed by atoms with E-state index in [9.17, 15) is 13.9 Å². The quantitative estimate of drug-likeness (QED) is 0.341. The highest BCUT2D eigenvalue weighted by Gasteiger charge is 2.17. The summed E-state index contributed by atoms with van der Waals surface area (Å²) in [6, 6.07) is 9.54. The summed E-state index contributed by atoms with van der Waals surface area (Å²) in [6.07, 6.45) is 6.21. The van der Waals surface area contributed by atoms with Crippen LogP contribution < -0.4 is 5.32 Å². The molecule has 0 radical (unpaired) electrons. The summed E-state index contributed by atoms with van der Waals surface area (Å²) in [5.41, 5.74) is 1.83. The summed E-state index contributed by atoms with van der Waals surface area (Å²) in [7, 11) is 0. The Hall–Kier alpha value is -2.93. The standard InChI is InChI=1S/C24H28F2N4O/c1-16-5-2-3-11-30(16)12-4-10-27-23-9-7-18(14-21(23)26)28-15-20-19-13-17(25)6-8-22(19)29-24(20)31/h6-9,13-16,27,29,31H,2-5,10-12H2,1H3. The van der Waals surface area contributed by atoms with Gasteiger partial charge < -0.3 is 20.3 Å². The van der Waals surface area contributed by atoms with Crippen LogP contribution in [0, 0.1) is 11.6 Å². The molecule has 31 heavy (non-hydrogen) atoms. The number of halogens is 2. The van der Waals surface area contributed by atoms with Crippen LogP contribution in [0.3, 0.4) is 0 Å². The van der Waals surface area contributed by atoms with Crippen molar-refractivity contribution in [1.29, 1.82) is 0 Å². The third-order valence-corrected chi connectivity index (χ3v) is 5.95. The number of anilines is 1. The number of benzene rings is 2. The molecule has 0 saturated carbocycles. The van der Waals surface area contributed by atoms with Gasteiger partial charge in [-0.25, -0.2) is 8.78 Å². The van der Waals surface area contributed by atoms with Crippen molar-refractivity contribution in [3.63, 3.8) is 0 Å². The largest absolute Gasteiger partial charge is 0.494 e. The number of likely N-dealkylation sites (tertiary alicyclic amines) is 1. The topological polar surface area (TPSA) is 63.6 Å². The maximum atomic E-state index is 14.5. The van der Waals surface area contributed by atoms with Crippen LogP contribution in [0.1, 0.15) is 38.2 Å². The van der Waals surface area contributed by atoms with Crippen LogP contribution in [0.2, 0.25) is 0 Å². The van der Waals surface area contributed by atoms with Crippen LogP contribution in [0.5, 0.6) is 5.88 Å². The summed E-state index contributed by atoms with van der Waals surface area (Å²) in [4.78, 5) is 9.54. The fraction of sp³-hybridized carbons (Fsp3) is 0.375. The molecule has 1 unspecified atom stereocenters. The first-order valence-corrected chi connectivity index (χ1v) is 10.8. The molecule has 1 aliphatic heterocycles. The van der Waals surface area contributed by atoms with E-state index in [1.165, 1.54) is 43.7 Å². The Labute approximate surface area is 180 Å². The third kappa shape index (κ3) is 5.05. The average molecular weight is 427 g/mol. The molecule has 1 atom stereocenters. The summed E-state index contributed by atoms with van der Waals surface area (Å²) in [6.45, 7) is 5.16. The number of hydrogen-bond acceptors (Lipinski definition) is 4. The maximum absolute atomic E-state index is 14.5. The van der Waals surface area contributed by atoms with Crippen molar-refractivity contribution in [1.82, 2.24) is 9.88 Å². The molecule has 4 rings (SSSR count). The number of nitrogens with zero attached hydrogens (tertiary/aromatic N) is 2. The minimum atomic E-state index is -0.405. The van der Waals surface area contributed by atoms with Gasteiger partial charge in [-0.1, -0.05) is 6.42 Å². The zero-order chi connectivity index (χ0) is 21.8. The lowest BCUT2D eigenvalue weighted by atomic mass is 10.0. The van der Waals surface area contributed by atoms with E-state index in [1.54, 1.807) is 18.2 Å². The highest BCUT2D eigenvalue weighted by Crippen LogP contribution is 2.28. The normalized spacial score (nSPS) is 17.6. The second-order valence-electron chi connectivity index (χ2n) is 8.16. The summed E-state index contributed by atoms with van der Waals surface area (Å²) >= 11 is 0. The molecule has 0 spiro atoms. The smallest absolute Gasteiger partial charge is 0.198 e. The minimum Gasteiger partial charge on any atom is -0.494 e.